The van der Waals surface area contributed by atoms with Gasteiger partial charge in [-0.25, -0.2) is 19.0 Å². The van der Waals surface area contributed by atoms with Crippen LogP contribution in [0.25, 0.3) is 22.2 Å². The number of aryl methyl sites for hydroxylation is 1. The van der Waals surface area contributed by atoms with Crippen molar-refractivity contribution in [1.29, 1.82) is 0 Å². The van der Waals surface area contributed by atoms with Crippen LogP contribution in [0.15, 0.2) is 41.6 Å². The number of halogens is 2. The predicted octanol–water partition coefficient (Wildman–Crippen LogP) is 4.07. The van der Waals surface area contributed by atoms with E-state index in [9.17, 15) is 4.79 Å². The van der Waals surface area contributed by atoms with Gasteiger partial charge in [-0.3, -0.25) is 9.48 Å². The fourth-order valence-corrected chi connectivity index (χ4v) is 5.20. The second-order valence-electron chi connectivity index (χ2n) is 10.2. The molecule has 0 radical (unpaired) electrons. The van der Waals surface area contributed by atoms with E-state index in [2.05, 4.69) is 21.3 Å². The minimum absolute atomic E-state index is 0.0123. The highest BCUT2D eigenvalue weighted by atomic mass is 35.5. The minimum atomic E-state index is -0.526. The molecule has 0 amide bonds. The first-order valence-corrected chi connectivity index (χ1v) is 13.0. The first-order valence-electron chi connectivity index (χ1n) is 12.6. The van der Waals surface area contributed by atoms with Crippen molar-refractivity contribution in [3.05, 3.63) is 63.5 Å². The maximum atomic E-state index is 15.1. The summed E-state index contributed by atoms with van der Waals surface area (Å²) in [6.45, 7) is 1.09. The molecule has 37 heavy (non-hydrogen) atoms. The molecule has 11 heteroatoms. The number of fused-ring (bicyclic) bond motifs is 1. The van der Waals surface area contributed by atoms with Crippen molar-refractivity contribution in [3.63, 3.8) is 0 Å². The van der Waals surface area contributed by atoms with Crippen LogP contribution in [-0.2, 0) is 11.8 Å². The molecule has 3 aromatic heterocycles. The molecule has 0 N–H and O–H groups in total. The van der Waals surface area contributed by atoms with Crippen LogP contribution in [-0.4, -0.2) is 48.7 Å². The molecule has 2 atom stereocenters. The Morgan fingerprint density at radius 2 is 1.92 bits per heavy atom. The molecule has 4 aromatic rings. The number of rotatable bonds is 5. The van der Waals surface area contributed by atoms with E-state index in [1.54, 1.807) is 19.2 Å². The molecular weight excluding hydrogens is 497 g/mol. The van der Waals surface area contributed by atoms with Crippen molar-refractivity contribution >= 4 is 28.5 Å². The van der Waals surface area contributed by atoms with E-state index >= 15 is 4.39 Å². The monoisotopic (exact) mass is 521 g/mol. The summed E-state index contributed by atoms with van der Waals surface area (Å²) in [5.74, 6) is 0.325. The van der Waals surface area contributed by atoms with Crippen LogP contribution in [0.2, 0.25) is 5.02 Å². The lowest BCUT2D eigenvalue weighted by Crippen LogP contribution is -2.46. The van der Waals surface area contributed by atoms with Gasteiger partial charge in [-0.1, -0.05) is 11.6 Å². The third kappa shape index (κ3) is 4.18. The molecule has 2 aliphatic carbocycles. The maximum Gasteiger partial charge on any atom is 0.293 e. The minimum Gasteiger partial charge on any atom is -0.366 e. The van der Waals surface area contributed by atoms with Gasteiger partial charge in [-0.15, -0.1) is 0 Å². The van der Waals surface area contributed by atoms with Gasteiger partial charge in [0.05, 0.1) is 42.2 Å². The summed E-state index contributed by atoms with van der Waals surface area (Å²) >= 11 is 6.01. The van der Waals surface area contributed by atoms with Crippen LogP contribution >= 0.6 is 11.6 Å². The zero-order chi connectivity index (χ0) is 25.3. The van der Waals surface area contributed by atoms with Gasteiger partial charge in [0.2, 0.25) is 5.95 Å². The van der Waals surface area contributed by atoms with Gasteiger partial charge in [0.25, 0.3) is 5.56 Å². The third-order valence-corrected chi connectivity index (χ3v) is 7.68. The molecule has 4 heterocycles. The van der Waals surface area contributed by atoms with E-state index in [4.69, 9.17) is 26.3 Å². The molecule has 1 saturated heterocycles. The molecule has 1 aliphatic heterocycles. The highest BCUT2D eigenvalue weighted by molar-refractivity contribution is 6.30. The number of ether oxygens (including phenoxy) is 1. The lowest BCUT2D eigenvalue weighted by atomic mass is 10.1. The van der Waals surface area contributed by atoms with Gasteiger partial charge in [0, 0.05) is 35.9 Å². The summed E-state index contributed by atoms with van der Waals surface area (Å²) in [5, 5.41) is 9.36. The molecule has 0 unspecified atom stereocenters. The van der Waals surface area contributed by atoms with Crippen LogP contribution in [0.1, 0.15) is 43.4 Å². The fourth-order valence-electron chi connectivity index (χ4n) is 5.04. The number of aromatic nitrogens is 6. The SMILES string of the molecule is Cn1ncc2c(-c3ccc(Cl)cc3F)nc(N3C[C@@H](c4cnn(C5CC5)c4)O[C@@H](C4CC4)C3)nc2c1=O. The Morgan fingerprint density at radius 3 is 2.68 bits per heavy atom. The van der Waals surface area contributed by atoms with E-state index in [1.165, 1.54) is 16.9 Å². The predicted molar refractivity (Wildman–Crippen MR) is 136 cm³/mol. The largest absolute Gasteiger partial charge is 0.366 e. The summed E-state index contributed by atoms with van der Waals surface area (Å²) in [6, 6.07) is 4.90. The van der Waals surface area contributed by atoms with Crippen LogP contribution in [0, 0.1) is 11.7 Å². The lowest BCUT2D eigenvalue weighted by molar-refractivity contribution is -0.0390. The number of anilines is 1. The fraction of sp³-hybridized carbons (Fsp3) is 0.423. The zero-order valence-electron chi connectivity index (χ0n) is 20.2. The van der Waals surface area contributed by atoms with E-state index < -0.39 is 5.82 Å². The Kier molecular flexibility index (Phi) is 5.30. The molecule has 3 aliphatic rings. The number of hydrogen-bond acceptors (Lipinski definition) is 7. The van der Waals surface area contributed by atoms with Crippen molar-refractivity contribution in [2.45, 2.75) is 43.9 Å². The summed E-state index contributed by atoms with van der Waals surface area (Å²) in [4.78, 5) is 24.6. The van der Waals surface area contributed by atoms with Gasteiger partial charge in [0.1, 0.15) is 17.4 Å². The molecule has 3 fully saturated rings. The smallest absolute Gasteiger partial charge is 0.293 e. The second kappa shape index (κ2) is 8.59. The molecule has 0 spiro atoms. The van der Waals surface area contributed by atoms with E-state index in [1.807, 2.05) is 10.9 Å². The molecule has 7 rings (SSSR count). The standard InChI is InChI=1S/C26H25ClFN7O2/c1-33-25(36)24-19(10-29-33)23(18-7-4-16(27)8-20(18)28)31-26(32-24)34-12-21(14-2-3-14)37-22(13-34)15-9-30-35(11-15)17-5-6-17/h4,7-11,14,17,21-22H,2-3,5-6,12-13H2,1H3/t21-,22+/m1/s1. The molecule has 0 bridgehead atoms. The van der Waals surface area contributed by atoms with Crippen molar-refractivity contribution in [1.82, 2.24) is 29.5 Å². The van der Waals surface area contributed by atoms with E-state index in [0.29, 0.717) is 42.1 Å². The molecule has 1 aromatic carbocycles. The maximum absolute atomic E-state index is 15.1. The van der Waals surface area contributed by atoms with Crippen molar-refractivity contribution < 1.29 is 9.13 Å². The van der Waals surface area contributed by atoms with Crippen LogP contribution in [0.5, 0.6) is 0 Å². The van der Waals surface area contributed by atoms with Crippen molar-refractivity contribution in [2.24, 2.45) is 13.0 Å². The number of nitrogens with zero attached hydrogens (tertiary/aromatic N) is 7. The summed E-state index contributed by atoms with van der Waals surface area (Å²) < 4.78 is 24.8. The Hall–Kier alpha value is -3.37. The second-order valence-corrected chi connectivity index (χ2v) is 10.7. The Morgan fingerprint density at radius 1 is 1.08 bits per heavy atom. The molecule has 190 valence electrons. The van der Waals surface area contributed by atoms with Crippen molar-refractivity contribution in [2.75, 3.05) is 18.0 Å². The van der Waals surface area contributed by atoms with Crippen molar-refractivity contribution in [3.8, 4) is 11.3 Å². The summed E-state index contributed by atoms with van der Waals surface area (Å²) in [7, 11) is 1.57. The normalized spacial score (nSPS) is 22.1. The van der Waals surface area contributed by atoms with E-state index in [0.717, 1.165) is 31.2 Å². The lowest BCUT2D eigenvalue weighted by Gasteiger charge is -2.38. The third-order valence-electron chi connectivity index (χ3n) is 7.45. The summed E-state index contributed by atoms with van der Waals surface area (Å²) in [5.41, 5.74) is 1.40. The quantitative estimate of drug-likeness (QED) is 0.391. The Bertz CT molecular complexity index is 1580. The van der Waals surface area contributed by atoms with Gasteiger partial charge < -0.3 is 9.64 Å². The van der Waals surface area contributed by atoms with Gasteiger partial charge in [-0.2, -0.15) is 10.2 Å². The highest BCUT2D eigenvalue weighted by Crippen LogP contribution is 2.41. The molecule has 2 saturated carbocycles. The number of hydrogen-bond donors (Lipinski definition) is 0. The van der Waals surface area contributed by atoms with Gasteiger partial charge in [0.15, 0.2) is 0 Å². The Labute approximate surface area is 216 Å². The molecular formula is C26H25ClFN7O2. The van der Waals surface area contributed by atoms with E-state index in [-0.39, 0.29) is 33.9 Å². The summed E-state index contributed by atoms with van der Waals surface area (Å²) in [6.07, 6.45) is 9.83. The average molecular weight is 522 g/mol. The first-order chi connectivity index (χ1) is 17.9. The van der Waals surface area contributed by atoms with Crippen LogP contribution in [0.4, 0.5) is 10.3 Å². The highest BCUT2D eigenvalue weighted by Gasteiger charge is 2.40. The average Bonchev–Trinajstić information content (AvgIpc) is 3.84. The topological polar surface area (TPSA) is 91.0 Å². The van der Waals surface area contributed by atoms with Crippen LogP contribution < -0.4 is 10.5 Å². The Balaban J connectivity index is 1.34. The van der Waals surface area contributed by atoms with Gasteiger partial charge >= 0.3 is 0 Å². The first kappa shape index (κ1) is 22.8. The number of morpholine rings is 1. The number of benzene rings is 1. The van der Waals surface area contributed by atoms with Crippen LogP contribution in [0.3, 0.4) is 0 Å². The van der Waals surface area contributed by atoms with Gasteiger partial charge in [-0.05, 0) is 49.8 Å². The molecule has 9 nitrogen and oxygen atoms in total. The zero-order valence-corrected chi connectivity index (χ0v) is 21.0.